The number of benzene rings is 2. The summed E-state index contributed by atoms with van der Waals surface area (Å²) in [7, 11) is 0. The van der Waals surface area contributed by atoms with Crippen molar-refractivity contribution in [3.63, 3.8) is 0 Å². The highest BCUT2D eigenvalue weighted by molar-refractivity contribution is 6.04. The molecule has 1 fully saturated rings. The van der Waals surface area contributed by atoms with Crippen LogP contribution in [-0.2, 0) is 4.79 Å². The van der Waals surface area contributed by atoms with Crippen LogP contribution in [0.5, 0.6) is 0 Å². The molecule has 2 heterocycles. The molecule has 2 aliphatic rings. The summed E-state index contributed by atoms with van der Waals surface area (Å²) >= 11 is 0. The van der Waals surface area contributed by atoms with Crippen molar-refractivity contribution in [1.29, 1.82) is 0 Å². The lowest BCUT2D eigenvalue weighted by atomic mass is 9.95. The lowest BCUT2D eigenvalue weighted by Gasteiger charge is -2.34. The third kappa shape index (κ3) is 4.34. The van der Waals surface area contributed by atoms with E-state index in [1.54, 1.807) is 5.01 Å². The molecule has 4 rings (SSSR count). The smallest absolute Gasteiger partial charge is 0.257 e. The monoisotopic (exact) mass is 403 g/mol. The quantitative estimate of drug-likeness (QED) is 0.706. The highest BCUT2D eigenvalue weighted by Crippen LogP contribution is 2.34. The third-order valence-electron chi connectivity index (χ3n) is 6.60. The Morgan fingerprint density at radius 3 is 2.47 bits per heavy atom. The maximum absolute atomic E-state index is 13.4. The van der Waals surface area contributed by atoms with E-state index in [0.29, 0.717) is 12.6 Å². The van der Waals surface area contributed by atoms with Gasteiger partial charge in [-0.3, -0.25) is 9.69 Å². The number of piperidine rings is 1. The zero-order valence-electron chi connectivity index (χ0n) is 18.7. The lowest BCUT2D eigenvalue weighted by molar-refractivity contribution is -0.135. The zero-order chi connectivity index (χ0) is 21.3. The molecule has 158 valence electrons. The predicted octanol–water partition coefficient (Wildman–Crippen LogP) is 5.16. The van der Waals surface area contributed by atoms with Gasteiger partial charge in [0.15, 0.2) is 0 Å². The SMILES string of the molecule is Cc1ccc([C@@H]2CC(c3ccc(C)cc3C)=NN2C(=O)CN2CCCC[C@H]2C)cc1. The summed E-state index contributed by atoms with van der Waals surface area (Å²) in [6.45, 7) is 10.0. The molecule has 2 aromatic rings. The van der Waals surface area contributed by atoms with Gasteiger partial charge in [0.2, 0.25) is 0 Å². The minimum absolute atomic E-state index is 0.0334. The summed E-state index contributed by atoms with van der Waals surface area (Å²) in [5, 5.41) is 6.66. The second-order valence-electron chi connectivity index (χ2n) is 9.05. The zero-order valence-corrected chi connectivity index (χ0v) is 18.7. The van der Waals surface area contributed by atoms with E-state index in [2.05, 4.69) is 75.1 Å². The standard InChI is InChI=1S/C26H33N3O/c1-18-8-11-22(12-9-18)25-16-24(23-13-10-19(2)15-20(23)3)27-29(25)26(30)17-28-14-6-5-7-21(28)4/h8-13,15,21,25H,5-7,14,16-17H2,1-4H3/t21-,25+/m1/s1. The number of hydrazone groups is 1. The first-order chi connectivity index (χ1) is 14.4. The third-order valence-corrected chi connectivity index (χ3v) is 6.60. The van der Waals surface area contributed by atoms with Gasteiger partial charge in [0, 0.05) is 18.0 Å². The van der Waals surface area contributed by atoms with Crippen LogP contribution in [0, 0.1) is 20.8 Å². The highest BCUT2D eigenvalue weighted by atomic mass is 16.2. The molecule has 0 unspecified atom stereocenters. The molecule has 0 spiro atoms. The average Bonchev–Trinajstić information content (AvgIpc) is 3.15. The fourth-order valence-corrected chi connectivity index (χ4v) is 4.73. The first-order valence-electron chi connectivity index (χ1n) is 11.2. The molecule has 0 N–H and O–H groups in total. The molecule has 4 heteroatoms. The normalized spacial score (nSPS) is 22.3. The molecule has 0 aliphatic carbocycles. The molecule has 1 saturated heterocycles. The van der Waals surface area contributed by atoms with E-state index in [4.69, 9.17) is 5.10 Å². The van der Waals surface area contributed by atoms with Crippen molar-refractivity contribution < 1.29 is 4.79 Å². The summed E-state index contributed by atoms with van der Waals surface area (Å²) in [4.78, 5) is 15.7. The lowest BCUT2D eigenvalue weighted by Crippen LogP contribution is -2.44. The molecule has 0 radical (unpaired) electrons. The van der Waals surface area contributed by atoms with Crippen LogP contribution < -0.4 is 0 Å². The number of carbonyl (C=O) groups excluding carboxylic acids is 1. The number of hydrogen-bond donors (Lipinski definition) is 0. The Morgan fingerprint density at radius 1 is 1.03 bits per heavy atom. The number of amides is 1. The van der Waals surface area contributed by atoms with Crippen LogP contribution >= 0.6 is 0 Å². The first kappa shape index (κ1) is 20.8. The van der Waals surface area contributed by atoms with Gasteiger partial charge >= 0.3 is 0 Å². The van der Waals surface area contributed by atoms with Crippen molar-refractivity contribution in [2.45, 2.75) is 65.5 Å². The second-order valence-corrected chi connectivity index (χ2v) is 9.05. The molecule has 30 heavy (non-hydrogen) atoms. The fraction of sp³-hybridized carbons (Fsp3) is 0.462. The van der Waals surface area contributed by atoms with Crippen LogP contribution in [0.2, 0.25) is 0 Å². The Balaban J connectivity index is 1.63. The van der Waals surface area contributed by atoms with Crippen LogP contribution in [0.1, 0.15) is 66.5 Å². The number of rotatable bonds is 4. The Labute approximate surface area is 180 Å². The van der Waals surface area contributed by atoms with E-state index in [1.165, 1.54) is 36.0 Å². The molecule has 4 nitrogen and oxygen atoms in total. The summed E-state index contributed by atoms with van der Waals surface area (Å²) < 4.78 is 0. The van der Waals surface area contributed by atoms with Gasteiger partial charge in [0.05, 0.1) is 18.3 Å². The van der Waals surface area contributed by atoms with Crippen LogP contribution in [0.15, 0.2) is 47.6 Å². The summed E-state index contributed by atoms with van der Waals surface area (Å²) in [6, 6.07) is 15.4. The Bertz CT molecular complexity index is 947. The van der Waals surface area contributed by atoms with Crippen LogP contribution in [0.4, 0.5) is 0 Å². The minimum Gasteiger partial charge on any atom is -0.292 e. The average molecular weight is 404 g/mol. The van der Waals surface area contributed by atoms with Crippen molar-refractivity contribution >= 4 is 11.6 Å². The van der Waals surface area contributed by atoms with Gasteiger partial charge in [-0.2, -0.15) is 5.10 Å². The van der Waals surface area contributed by atoms with Crippen molar-refractivity contribution in [2.24, 2.45) is 5.10 Å². The Morgan fingerprint density at radius 2 is 1.77 bits per heavy atom. The molecule has 1 amide bonds. The highest BCUT2D eigenvalue weighted by Gasteiger charge is 2.34. The largest absolute Gasteiger partial charge is 0.292 e. The van der Waals surface area contributed by atoms with Gasteiger partial charge < -0.3 is 0 Å². The molecule has 0 saturated carbocycles. The number of likely N-dealkylation sites (tertiary alicyclic amines) is 1. The molecule has 2 atom stereocenters. The van der Waals surface area contributed by atoms with E-state index in [0.717, 1.165) is 29.8 Å². The van der Waals surface area contributed by atoms with Crippen LogP contribution in [-0.4, -0.2) is 40.7 Å². The van der Waals surface area contributed by atoms with Gasteiger partial charge in [-0.05, 0) is 58.2 Å². The van der Waals surface area contributed by atoms with E-state index >= 15 is 0 Å². The van der Waals surface area contributed by atoms with Crippen LogP contribution in [0.3, 0.4) is 0 Å². The van der Waals surface area contributed by atoms with E-state index < -0.39 is 0 Å². The van der Waals surface area contributed by atoms with Gasteiger partial charge in [-0.15, -0.1) is 0 Å². The molecule has 2 aromatic carbocycles. The molecule has 0 bridgehead atoms. The predicted molar refractivity (Wildman–Crippen MR) is 123 cm³/mol. The first-order valence-corrected chi connectivity index (χ1v) is 11.2. The second kappa shape index (κ2) is 8.73. The van der Waals surface area contributed by atoms with E-state index in [9.17, 15) is 4.79 Å². The van der Waals surface area contributed by atoms with Gasteiger partial charge in [0.1, 0.15) is 0 Å². The number of carbonyl (C=O) groups is 1. The number of hydrogen-bond acceptors (Lipinski definition) is 3. The molecular formula is C26H33N3O. The van der Waals surface area contributed by atoms with E-state index in [1.807, 2.05) is 0 Å². The van der Waals surface area contributed by atoms with Crippen molar-refractivity contribution in [1.82, 2.24) is 9.91 Å². The minimum atomic E-state index is -0.0334. The molecular weight excluding hydrogens is 370 g/mol. The van der Waals surface area contributed by atoms with Crippen LogP contribution in [0.25, 0.3) is 0 Å². The fourth-order valence-electron chi connectivity index (χ4n) is 4.73. The van der Waals surface area contributed by atoms with Gasteiger partial charge in [-0.25, -0.2) is 5.01 Å². The van der Waals surface area contributed by atoms with Gasteiger partial charge in [-0.1, -0.05) is 60.0 Å². The van der Waals surface area contributed by atoms with Gasteiger partial charge in [0.25, 0.3) is 5.91 Å². The number of nitrogens with zero attached hydrogens (tertiary/aromatic N) is 3. The Kier molecular flexibility index (Phi) is 6.05. The maximum Gasteiger partial charge on any atom is 0.257 e. The molecule has 0 aromatic heterocycles. The summed E-state index contributed by atoms with van der Waals surface area (Å²) in [6.07, 6.45) is 4.37. The summed E-state index contributed by atoms with van der Waals surface area (Å²) in [5.41, 5.74) is 7.02. The molecule has 2 aliphatic heterocycles. The van der Waals surface area contributed by atoms with Crippen molar-refractivity contribution in [3.8, 4) is 0 Å². The maximum atomic E-state index is 13.4. The topological polar surface area (TPSA) is 35.9 Å². The van der Waals surface area contributed by atoms with E-state index in [-0.39, 0.29) is 11.9 Å². The van der Waals surface area contributed by atoms with Crippen molar-refractivity contribution in [3.05, 3.63) is 70.3 Å². The number of aryl methyl sites for hydroxylation is 3. The van der Waals surface area contributed by atoms with Crippen molar-refractivity contribution in [2.75, 3.05) is 13.1 Å². The Hall–Kier alpha value is -2.46. The summed E-state index contributed by atoms with van der Waals surface area (Å²) in [5.74, 6) is 0.106.